The molecular formula is C21H25N5O2S. The summed E-state index contributed by atoms with van der Waals surface area (Å²) < 4.78 is 5.68. The van der Waals surface area contributed by atoms with Crippen LogP contribution in [-0.2, 0) is 17.8 Å². The number of amides is 1. The number of likely N-dealkylation sites (tertiary alicyclic amines) is 1. The molecule has 0 bridgehead atoms. The van der Waals surface area contributed by atoms with E-state index in [4.69, 9.17) is 4.42 Å². The highest BCUT2D eigenvalue weighted by Crippen LogP contribution is 2.20. The van der Waals surface area contributed by atoms with Crippen LogP contribution in [0.5, 0.6) is 0 Å². The normalized spacial score (nSPS) is 14.8. The fourth-order valence-corrected chi connectivity index (χ4v) is 4.07. The molecule has 1 aliphatic heterocycles. The molecule has 1 fully saturated rings. The highest BCUT2D eigenvalue weighted by Gasteiger charge is 2.14. The fraction of sp³-hybridized carbons (Fsp3) is 0.429. The quantitative estimate of drug-likeness (QED) is 0.631. The molecule has 1 aromatic carbocycles. The molecule has 0 spiro atoms. The lowest BCUT2D eigenvalue weighted by Crippen LogP contribution is -2.29. The van der Waals surface area contributed by atoms with Gasteiger partial charge in [0.05, 0.1) is 5.69 Å². The maximum absolute atomic E-state index is 12.3. The Hall–Kier alpha value is -2.58. The van der Waals surface area contributed by atoms with Gasteiger partial charge >= 0.3 is 0 Å². The fourth-order valence-electron chi connectivity index (χ4n) is 3.35. The van der Waals surface area contributed by atoms with Crippen molar-refractivity contribution in [3.8, 4) is 11.5 Å². The Morgan fingerprint density at radius 2 is 1.97 bits per heavy atom. The van der Waals surface area contributed by atoms with Gasteiger partial charge in [0.2, 0.25) is 17.7 Å². The van der Waals surface area contributed by atoms with Crippen LogP contribution < -0.4 is 5.32 Å². The summed E-state index contributed by atoms with van der Waals surface area (Å²) in [4.78, 5) is 19.2. The van der Waals surface area contributed by atoms with E-state index in [-0.39, 0.29) is 12.3 Å². The number of anilines is 1. The Kier molecular flexibility index (Phi) is 6.31. The number of rotatable bonds is 7. The third-order valence-corrected chi connectivity index (χ3v) is 5.77. The van der Waals surface area contributed by atoms with Crippen LogP contribution in [0.4, 0.5) is 5.13 Å². The molecule has 2 aromatic heterocycles. The molecule has 3 heterocycles. The van der Waals surface area contributed by atoms with Crippen LogP contribution in [0.25, 0.3) is 11.5 Å². The summed E-state index contributed by atoms with van der Waals surface area (Å²) >= 11 is 1.47. The maximum Gasteiger partial charge on any atom is 0.247 e. The Bertz CT molecular complexity index is 944. The van der Waals surface area contributed by atoms with Crippen LogP contribution in [0, 0.1) is 6.92 Å². The maximum atomic E-state index is 12.3. The summed E-state index contributed by atoms with van der Waals surface area (Å²) in [7, 11) is 0. The largest absolute Gasteiger partial charge is 0.421 e. The molecular weight excluding hydrogens is 386 g/mol. The Morgan fingerprint density at radius 1 is 1.17 bits per heavy atom. The summed E-state index contributed by atoms with van der Waals surface area (Å²) in [6.07, 6.45) is 4.51. The van der Waals surface area contributed by atoms with Gasteiger partial charge in [-0.3, -0.25) is 9.69 Å². The first-order valence-corrected chi connectivity index (χ1v) is 10.9. The number of aryl methyl sites for hydroxylation is 2. The van der Waals surface area contributed by atoms with Gasteiger partial charge in [-0.2, -0.15) is 0 Å². The number of thiazole rings is 1. The first kappa shape index (κ1) is 19.7. The number of benzene rings is 1. The second kappa shape index (κ2) is 9.28. The molecule has 0 radical (unpaired) electrons. The highest BCUT2D eigenvalue weighted by atomic mass is 32.1. The minimum atomic E-state index is -0.0982. The number of nitrogens with zero attached hydrogens (tertiary/aromatic N) is 4. The first-order valence-electron chi connectivity index (χ1n) is 10.0. The van der Waals surface area contributed by atoms with E-state index < -0.39 is 0 Å². The zero-order chi connectivity index (χ0) is 20.1. The van der Waals surface area contributed by atoms with E-state index in [0.29, 0.717) is 23.3 Å². The molecule has 29 heavy (non-hydrogen) atoms. The van der Waals surface area contributed by atoms with E-state index in [1.807, 2.05) is 36.6 Å². The van der Waals surface area contributed by atoms with Gasteiger partial charge in [0, 0.05) is 30.3 Å². The molecule has 4 rings (SSSR count). The molecule has 7 nitrogen and oxygen atoms in total. The van der Waals surface area contributed by atoms with Crippen LogP contribution in [0.1, 0.15) is 42.8 Å². The van der Waals surface area contributed by atoms with Crippen LogP contribution in [0.15, 0.2) is 34.1 Å². The predicted molar refractivity (Wildman–Crippen MR) is 113 cm³/mol. The third kappa shape index (κ3) is 5.48. The third-order valence-electron chi connectivity index (χ3n) is 4.96. The monoisotopic (exact) mass is 411 g/mol. The van der Waals surface area contributed by atoms with Gasteiger partial charge < -0.3 is 9.73 Å². The standard InChI is InChI=1S/C21H25N5O2S/c1-15-5-7-16(8-6-15)20-25-24-19(28-20)10-9-18(27)23-21-22-17(14-29-21)13-26-11-3-2-4-12-26/h5-8,14H,2-4,9-13H2,1H3,(H,22,23,27). The molecule has 1 amide bonds. The van der Waals surface area contributed by atoms with E-state index in [2.05, 4.69) is 25.4 Å². The molecule has 152 valence electrons. The van der Waals surface area contributed by atoms with Crippen molar-refractivity contribution < 1.29 is 9.21 Å². The highest BCUT2D eigenvalue weighted by molar-refractivity contribution is 7.13. The number of piperidine rings is 1. The topological polar surface area (TPSA) is 84.2 Å². The zero-order valence-corrected chi connectivity index (χ0v) is 17.4. The van der Waals surface area contributed by atoms with Crippen molar-refractivity contribution in [2.75, 3.05) is 18.4 Å². The van der Waals surface area contributed by atoms with Crippen molar-refractivity contribution in [2.24, 2.45) is 0 Å². The second-order valence-electron chi connectivity index (χ2n) is 7.40. The van der Waals surface area contributed by atoms with Crippen molar-refractivity contribution >= 4 is 22.4 Å². The van der Waals surface area contributed by atoms with E-state index in [1.165, 1.54) is 36.2 Å². The van der Waals surface area contributed by atoms with Gasteiger partial charge in [-0.25, -0.2) is 4.98 Å². The van der Waals surface area contributed by atoms with Crippen LogP contribution in [0.3, 0.4) is 0 Å². The molecule has 1 aliphatic rings. The summed E-state index contributed by atoms with van der Waals surface area (Å²) in [5, 5.41) is 13.7. The minimum Gasteiger partial charge on any atom is -0.421 e. The number of hydrogen-bond acceptors (Lipinski definition) is 7. The number of nitrogens with one attached hydrogen (secondary N) is 1. The smallest absolute Gasteiger partial charge is 0.247 e. The molecule has 0 unspecified atom stereocenters. The zero-order valence-electron chi connectivity index (χ0n) is 16.6. The van der Waals surface area contributed by atoms with Crippen molar-refractivity contribution in [3.63, 3.8) is 0 Å². The van der Waals surface area contributed by atoms with Crippen molar-refractivity contribution in [1.82, 2.24) is 20.1 Å². The predicted octanol–water partition coefficient (Wildman–Crippen LogP) is 4.06. The lowest BCUT2D eigenvalue weighted by molar-refractivity contribution is -0.116. The van der Waals surface area contributed by atoms with Crippen LogP contribution in [0.2, 0.25) is 0 Å². The van der Waals surface area contributed by atoms with Gasteiger partial charge in [0.1, 0.15) is 0 Å². The lowest BCUT2D eigenvalue weighted by Gasteiger charge is -2.25. The van der Waals surface area contributed by atoms with Crippen LogP contribution in [-0.4, -0.2) is 39.1 Å². The van der Waals surface area contributed by atoms with Crippen molar-refractivity contribution in [3.05, 3.63) is 46.8 Å². The minimum absolute atomic E-state index is 0.0982. The van der Waals surface area contributed by atoms with Gasteiger partial charge in [0.25, 0.3) is 0 Å². The average molecular weight is 412 g/mol. The SMILES string of the molecule is Cc1ccc(-c2nnc(CCC(=O)Nc3nc(CN4CCCCC4)cs3)o2)cc1. The van der Waals surface area contributed by atoms with E-state index in [0.717, 1.165) is 30.9 Å². The summed E-state index contributed by atoms with van der Waals surface area (Å²) in [6, 6.07) is 7.90. The Morgan fingerprint density at radius 3 is 2.76 bits per heavy atom. The summed E-state index contributed by atoms with van der Waals surface area (Å²) in [5.41, 5.74) is 3.07. The Labute approximate surface area is 174 Å². The summed E-state index contributed by atoms with van der Waals surface area (Å²) in [5.74, 6) is 0.835. The van der Waals surface area contributed by atoms with E-state index in [1.54, 1.807) is 0 Å². The van der Waals surface area contributed by atoms with Gasteiger partial charge in [0.15, 0.2) is 5.13 Å². The Balaban J connectivity index is 1.25. The van der Waals surface area contributed by atoms with E-state index >= 15 is 0 Å². The number of carbonyl (C=O) groups excluding carboxylic acids is 1. The van der Waals surface area contributed by atoms with Gasteiger partial charge in [-0.05, 0) is 45.0 Å². The number of hydrogen-bond donors (Lipinski definition) is 1. The van der Waals surface area contributed by atoms with Gasteiger partial charge in [-0.15, -0.1) is 21.5 Å². The molecule has 3 aromatic rings. The number of aromatic nitrogens is 3. The lowest BCUT2D eigenvalue weighted by atomic mass is 10.1. The van der Waals surface area contributed by atoms with E-state index in [9.17, 15) is 4.79 Å². The second-order valence-corrected chi connectivity index (χ2v) is 8.25. The molecule has 1 N–H and O–H groups in total. The molecule has 0 aliphatic carbocycles. The number of carbonyl (C=O) groups is 1. The van der Waals surface area contributed by atoms with Crippen molar-refractivity contribution in [1.29, 1.82) is 0 Å². The molecule has 8 heteroatoms. The average Bonchev–Trinajstić information content (AvgIpc) is 3.37. The van der Waals surface area contributed by atoms with Crippen LogP contribution >= 0.6 is 11.3 Å². The molecule has 0 atom stereocenters. The van der Waals surface area contributed by atoms with Gasteiger partial charge in [-0.1, -0.05) is 24.1 Å². The van der Waals surface area contributed by atoms with Crippen molar-refractivity contribution in [2.45, 2.75) is 45.6 Å². The summed E-state index contributed by atoms with van der Waals surface area (Å²) in [6.45, 7) is 5.15. The first-order chi connectivity index (χ1) is 14.2. The molecule has 1 saturated heterocycles. The molecule has 0 saturated carbocycles.